The fraction of sp³-hybridized carbons (Fsp3) is 0.667. The van der Waals surface area contributed by atoms with Crippen LogP contribution < -0.4 is 16.6 Å². The number of rotatable bonds is 3. The van der Waals surface area contributed by atoms with E-state index in [0.717, 1.165) is 0 Å². The van der Waals surface area contributed by atoms with E-state index in [4.69, 9.17) is 9.47 Å². The van der Waals surface area contributed by atoms with Gasteiger partial charge >= 0.3 is 11.8 Å². The number of aromatic amines is 1. The normalized spacial score (nSPS) is 24.0. The van der Waals surface area contributed by atoms with Crippen LogP contribution in [0.25, 0.3) is 0 Å². The number of alkyl carbamates (subject to hydrolysis) is 1. The Kier molecular flexibility index (Phi) is 5.44. The lowest BCUT2D eigenvalue weighted by molar-refractivity contribution is 0.00521. The Labute approximate surface area is 145 Å². The lowest BCUT2D eigenvalue weighted by atomic mass is 10.1. The molecule has 2 rings (SSSR count). The molecule has 24 heavy (non-hydrogen) atoms. The lowest BCUT2D eigenvalue weighted by Gasteiger charge is -2.23. The van der Waals surface area contributed by atoms with Crippen molar-refractivity contribution in [3.63, 3.8) is 0 Å². The van der Waals surface area contributed by atoms with Crippen LogP contribution in [0.4, 0.5) is 4.79 Å². The first-order valence-electron chi connectivity index (χ1n) is 7.68. The average molecular weight is 357 g/mol. The molecule has 0 bridgehead atoms. The summed E-state index contributed by atoms with van der Waals surface area (Å²) in [5, 5.41) is 2.76. The fourth-order valence-electron chi connectivity index (χ4n) is 2.48. The van der Waals surface area contributed by atoms with E-state index in [2.05, 4.69) is 22.9 Å². The van der Waals surface area contributed by atoms with Crippen molar-refractivity contribution < 1.29 is 14.3 Å². The van der Waals surface area contributed by atoms with Gasteiger partial charge in [-0.15, -0.1) is 0 Å². The maximum Gasteiger partial charge on any atom is 0.407 e. The minimum Gasteiger partial charge on any atom is -0.444 e. The number of amides is 1. The molecule has 0 aromatic carbocycles. The predicted octanol–water partition coefficient (Wildman–Crippen LogP) is 0.956. The number of hydrogen-bond donors (Lipinski definition) is 3. The number of carbonyl (C=O) groups is 1. The molecule has 1 aliphatic heterocycles. The van der Waals surface area contributed by atoms with Crippen molar-refractivity contribution in [3.8, 4) is 0 Å². The molecule has 1 amide bonds. The highest BCUT2D eigenvalue weighted by Crippen LogP contribution is 2.28. The SMILES string of the molecule is Cc1cn(C2CC(NC(=O)OC(C)(C)C)C(CS)O2)c(=O)[nH]c1=O. The predicted molar refractivity (Wildman–Crippen MR) is 91.6 cm³/mol. The number of ether oxygens (including phenoxy) is 2. The molecular formula is C15H23N3O5S. The largest absolute Gasteiger partial charge is 0.444 e. The van der Waals surface area contributed by atoms with Crippen LogP contribution in [0, 0.1) is 6.92 Å². The third-order valence-electron chi connectivity index (χ3n) is 3.57. The molecule has 2 heterocycles. The van der Waals surface area contributed by atoms with E-state index in [-0.39, 0.29) is 12.1 Å². The van der Waals surface area contributed by atoms with Crippen molar-refractivity contribution >= 4 is 18.7 Å². The number of nitrogens with one attached hydrogen (secondary N) is 2. The highest BCUT2D eigenvalue weighted by atomic mass is 32.1. The zero-order chi connectivity index (χ0) is 18.1. The summed E-state index contributed by atoms with van der Waals surface area (Å²) in [6, 6.07) is -0.346. The van der Waals surface area contributed by atoms with Crippen LogP contribution in [0.1, 0.15) is 39.0 Å². The molecule has 8 nitrogen and oxygen atoms in total. The molecule has 1 saturated heterocycles. The van der Waals surface area contributed by atoms with Gasteiger partial charge in [-0.2, -0.15) is 12.6 Å². The van der Waals surface area contributed by atoms with E-state index < -0.39 is 29.2 Å². The zero-order valence-electron chi connectivity index (χ0n) is 14.2. The Bertz CT molecular complexity index is 721. The van der Waals surface area contributed by atoms with Crippen LogP contribution >= 0.6 is 12.6 Å². The van der Waals surface area contributed by atoms with E-state index >= 15 is 0 Å². The first-order valence-corrected chi connectivity index (χ1v) is 8.32. The van der Waals surface area contributed by atoms with Gasteiger partial charge < -0.3 is 14.8 Å². The molecule has 2 N–H and O–H groups in total. The summed E-state index contributed by atoms with van der Waals surface area (Å²) in [7, 11) is 0. The van der Waals surface area contributed by atoms with Gasteiger partial charge in [0.1, 0.15) is 11.8 Å². The van der Waals surface area contributed by atoms with Gasteiger partial charge in [0.25, 0.3) is 5.56 Å². The second-order valence-electron chi connectivity index (χ2n) is 6.78. The summed E-state index contributed by atoms with van der Waals surface area (Å²) < 4.78 is 12.4. The molecule has 1 fully saturated rings. The molecule has 0 aliphatic carbocycles. The maximum absolute atomic E-state index is 12.0. The highest BCUT2D eigenvalue weighted by Gasteiger charge is 2.37. The van der Waals surface area contributed by atoms with E-state index in [1.807, 2.05) is 0 Å². The van der Waals surface area contributed by atoms with E-state index in [0.29, 0.717) is 17.7 Å². The number of aryl methyl sites for hydroxylation is 1. The monoisotopic (exact) mass is 357 g/mol. The highest BCUT2D eigenvalue weighted by molar-refractivity contribution is 7.80. The Morgan fingerprint density at radius 3 is 2.75 bits per heavy atom. The summed E-state index contributed by atoms with van der Waals surface area (Å²) >= 11 is 4.24. The van der Waals surface area contributed by atoms with Gasteiger partial charge in [-0.3, -0.25) is 14.3 Å². The summed E-state index contributed by atoms with van der Waals surface area (Å²) in [5.41, 5.74) is -1.18. The smallest absolute Gasteiger partial charge is 0.407 e. The van der Waals surface area contributed by atoms with E-state index in [1.54, 1.807) is 27.7 Å². The minimum atomic E-state index is -0.605. The van der Waals surface area contributed by atoms with Crippen LogP contribution in [-0.4, -0.2) is 39.1 Å². The number of nitrogens with zero attached hydrogens (tertiary/aromatic N) is 1. The minimum absolute atomic E-state index is 0.346. The number of thiol groups is 1. The van der Waals surface area contributed by atoms with Crippen LogP contribution in [-0.2, 0) is 9.47 Å². The van der Waals surface area contributed by atoms with Crippen molar-refractivity contribution in [3.05, 3.63) is 32.6 Å². The van der Waals surface area contributed by atoms with Crippen molar-refractivity contribution in [2.45, 2.75) is 58.1 Å². The second kappa shape index (κ2) is 7.02. The molecule has 1 aliphatic rings. The Balaban J connectivity index is 2.15. The standard InChI is InChI=1S/C15H23N3O5S/c1-8-6-18(13(20)17-12(8)19)11-5-9(10(7-24)22-11)16-14(21)23-15(2,3)4/h6,9-11,24H,5,7H2,1-4H3,(H,16,21)(H,17,19,20). The average Bonchev–Trinajstić information content (AvgIpc) is 2.83. The summed E-state index contributed by atoms with van der Waals surface area (Å²) in [6.45, 7) is 6.94. The van der Waals surface area contributed by atoms with Gasteiger partial charge in [0, 0.05) is 23.9 Å². The lowest BCUT2D eigenvalue weighted by Crippen LogP contribution is -2.43. The molecule has 134 valence electrons. The third-order valence-corrected chi connectivity index (χ3v) is 3.93. The fourth-order valence-corrected chi connectivity index (χ4v) is 2.82. The van der Waals surface area contributed by atoms with Gasteiger partial charge in [-0.25, -0.2) is 9.59 Å². The molecule has 0 radical (unpaired) electrons. The van der Waals surface area contributed by atoms with Gasteiger partial charge in [0.15, 0.2) is 0 Å². The Hall–Kier alpha value is -1.74. The number of hydrogen-bond acceptors (Lipinski definition) is 6. The number of aromatic nitrogens is 2. The number of carbonyl (C=O) groups excluding carboxylic acids is 1. The summed E-state index contributed by atoms with van der Waals surface area (Å²) in [5.74, 6) is 0.369. The molecule has 9 heteroatoms. The molecule has 0 spiro atoms. The van der Waals surface area contributed by atoms with Gasteiger partial charge in [-0.1, -0.05) is 0 Å². The van der Waals surface area contributed by atoms with Gasteiger partial charge in [0.05, 0.1) is 12.1 Å². The van der Waals surface area contributed by atoms with E-state index in [9.17, 15) is 14.4 Å². The van der Waals surface area contributed by atoms with Crippen LogP contribution in [0.3, 0.4) is 0 Å². The second-order valence-corrected chi connectivity index (χ2v) is 7.14. The van der Waals surface area contributed by atoms with Crippen molar-refractivity contribution in [2.24, 2.45) is 0 Å². The van der Waals surface area contributed by atoms with Crippen LogP contribution in [0.2, 0.25) is 0 Å². The summed E-state index contributed by atoms with van der Waals surface area (Å²) in [4.78, 5) is 37.7. The molecule has 3 unspecified atom stereocenters. The zero-order valence-corrected chi connectivity index (χ0v) is 15.1. The molecule has 3 atom stereocenters. The van der Waals surface area contributed by atoms with Crippen LogP contribution in [0.5, 0.6) is 0 Å². The first kappa shape index (κ1) is 18.6. The van der Waals surface area contributed by atoms with Crippen molar-refractivity contribution in [2.75, 3.05) is 5.75 Å². The quantitative estimate of drug-likeness (QED) is 0.699. The molecular weight excluding hydrogens is 334 g/mol. The topological polar surface area (TPSA) is 102 Å². The molecule has 1 aromatic rings. The van der Waals surface area contributed by atoms with Gasteiger partial charge in [-0.05, 0) is 27.7 Å². The van der Waals surface area contributed by atoms with E-state index in [1.165, 1.54) is 10.8 Å². The van der Waals surface area contributed by atoms with Crippen molar-refractivity contribution in [1.29, 1.82) is 0 Å². The molecule has 0 saturated carbocycles. The summed E-state index contributed by atoms with van der Waals surface area (Å²) in [6.07, 6.45) is 0.316. The maximum atomic E-state index is 12.0. The Morgan fingerprint density at radius 2 is 2.17 bits per heavy atom. The molecule has 1 aromatic heterocycles. The number of H-pyrrole nitrogens is 1. The van der Waals surface area contributed by atoms with Crippen molar-refractivity contribution in [1.82, 2.24) is 14.9 Å². The third kappa shape index (κ3) is 4.41. The first-order chi connectivity index (χ1) is 11.1. The van der Waals surface area contributed by atoms with Crippen LogP contribution in [0.15, 0.2) is 15.8 Å². The Morgan fingerprint density at radius 1 is 1.50 bits per heavy atom. The van der Waals surface area contributed by atoms with Gasteiger partial charge in [0.2, 0.25) is 0 Å².